The highest BCUT2D eigenvalue weighted by atomic mass is 79.9. The summed E-state index contributed by atoms with van der Waals surface area (Å²) in [4.78, 5) is 3.93. The van der Waals surface area contributed by atoms with E-state index in [0.717, 1.165) is 10.0 Å². The van der Waals surface area contributed by atoms with Gasteiger partial charge in [0.1, 0.15) is 0 Å². The van der Waals surface area contributed by atoms with Gasteiger partial charge in [-0.25, -0.2) is 0 Å². The summed E-state index contributed by atoms with van der Waals surface area (Å²) in [5.41, 5.74) is 6.40. The molecule has 0 radical (unpaired) electrons. The normalized spacial score (nSPS) is 8.67. The number of hydrogen-bond acceptors (Lipinski definition) is 3. The highest BCUT2D eigenvalue weighted by Crippen LogP contribution is 2.08. The van der Waals surface area contributed by atoms with E-state index in [1.807, 2.05) is 6.07 Å². The molecule has 0 atom stereocenters. The van der Waals surface area contributed by atoms with Gasteiger partial charge in [0.05, 0.1) is 0 Å². The summed E-state index contributed by atoms with van der Waals surface area (Å²) >= 11 is 3.28. The quantitative estimate of drug-likeness (QED) is 0.768. The van der Waals surface area contributed by atoms with Crippen LogP contribution in [0.25, 0.3) is 0 Å². The molecule has 0 aliphatic rings. The molecule has 0 aliphatic carbocycles. The van der Waals surface area contributed by atoms with Gasteiger partial charge in [-0.1, -0.05) is 0 Å². The van der Waals surface area contributed by atoms with Crippen LogP contribution in [0.4, 0.5) is 0 Å². The van der Waals surface area contributed by atoms with Gasteiger partial charge < -0.3 is 10.8 Å². The summed E-state index contributed by atoms with van der Waals surface area (Å²) < 4.78 is 0.977. The van der Waals surface area contributed by atoms with Crippen LogP contribution in [0.3, 0.4) is 0 Å². The van der Waals surface area contributed by atoms with Gasteiger partial charge in [0.15, 0.2) is 0 Å². The third-order valence-electron chi connectivity index (χ3n) is 0.997. The minimum absolute atomic E-state index is 0.250. The first kappa shape index (κ1) is 11.6. The molecule has 0 aliphatic heterocycles. The zero-order valence-electron chi connectivity index (χ0n) is 7.00. The number of aliphatic hydroxyl groups excluding tert-OH is 1. The maximum atomic E-state index is 7.57. The van der Waals surface area contributed by atoms with Crippen molar-refractivity contribution in [1.29, 1.82) is 0 Å². The standard InChI is InChI=1S/C6H7BrN2.C2H6O/c7-6-1-5(2-8)3-9-4-6;1-2-3/h1,3-4H,2,8H2;3H,2H2,1H3. The molecule has 4 heteroatoms. The fourth-order valence-corrected chi connectivity index (χ4v) is 0.980. The van der Waals surface area contributed by atoms with E-state index in [9.17, 15) is 0 Å². The Bertz CT molecular complexity index is 218. The number of halogens is 1. The van der Waals surface area contributed by atoms with Crippen LogP contribution in [0, 0.1) is 0 Å². The first-order chi connectivity index (χ1) is 5.74. The van der Waals surface area contributed by atoms with Crippen molar-refractivity contribution in [3.05, 3.63) is 28.5 Å². The number of pyridine rings is 1. The lowest BCUT2D eigenvalue weighted by Crippen LogP contribution is -1.95. The summed E-state index contributed by atoms with van der Waals surface area (Å²) in [5.74, 6) is 0. The van der Waals surface area contributed by atoms with E-state index in [1.54, 1.807) is 19.3 Å². The molecular weight excluding hydrogens is 220 g/mol. The Morgan fingerprint density at radius 2 is 2.17 bits per heavy atom. The third kappa shape index (κ3) is 5.23. The van der Waals surface area contributed by atoms with E-state index >= 15 is 0 Å². The van der Waals surface area contributed by atoms with Crippen molar-refractivity contribution in [3.8, 4) is 0 Å². The molecule has 0 bridgehead atoms. The molecule has 0 saturated heterocycles. The van der Waals surface area contributed by atoms with Gasteiger partial charge in [0.2, 0.25) is 0 Å². The summed E-state index contributed by atoms with van der Waals surface area (Å²) in [6.45, 7) is 2.48. The van der Waals surface area contributed by atoms with Crippen molar-refractivity contribution >= 4 is 15.9 Å². The molecule has 1 aromatic heterocycles. The van der Waals surface area contributed by atoms with Crippen LogP contribution in [0.5, 0.6) is 0 Å². The van der Waals surface area contributed by atoms with Crippen LogP contribution in [-0.2, 0) is 6.54 Å². The average Bonchev–Trinajstić information content (AvgIpc) is 2.06. The molecule has 1 heterocycles. The van der Waals surface area contributed by atoms with E-state index in [0.29, 0.717) is 6.54 Å². The zero-order chi connectivity index (χ0) is 9.40. The highest BCUT2D eigenvalue weighted by molar-refractivity contribution is 9.10. The Kier molecular flexibility index (Phi) is 6.94. The predicted molar refractivity (Wildman–Crippen MR) is 52.6 cm³/mol. The lowest BCUT2D eigenvalue weighted by molar-refractivity contribution is 0.318. The molecule has 3 nitrogen and oxygen atoms in total. The second kappa shape index (κ2) is 7.21. The molecule has 1 aromatic rings. The molecule has 0 unspecified atom stereocenters. The summed E-state index contributed by atoms with van der Waals surface area (Å²) in [6, 6.07) is 1.95. The van der Waals surface area contributed by atoms with E-state index in [-0.39, 0.29) is 6.61 Å². The van der Waals surface area contributed by atoms with Crippen molar-refractivity contribution in [1.82, 2.24) is 4.98 Å². The van der Waals surface area contributed by atoms with Crippen molar-refractivity contribution in [2.24, 2.45) is 5.73 Å². The SMILES string of the molecule is CCO.NCc1cncc(Br)c1. The molecule has 68 valence electrons. The van der Waals surface area contributed by atoms with E-state index in [2.05, 4.69) is 20.9 Å². The second-order valence-electron chi connectivity index (χ2n) is 2.03. The zero-order valence-corrected chi connectivity index (χ0v) is 8.58. The number of hydrogen-bond donors (Lipinski definition) is 2. The molecule has 0 aromatic carbocycles. The van der Waals surface area contributed by atoms with Gasteiger partial charge in [0, 0.05) is 30.0 Å². The molecule has 12 heavy (non-hydrogen) atoms. The monoisotopic (exact) mass is 232 g/mol. The van der Waals surface area contributed by atoms with Gasteiger partial charge in [-0.05, 0) is 34.5 Å². The fourth-order valence-electron chi connectivity index (χ4n) is 0.567. The van der Waals surface area contributed by atoms with E-state index < -0.39 is 0 Å². The van der Waals surface area contributed by atoms with Crippen LogP contribution < -0.4 is 5.73 Å². The Hall–Kier alpha value is -0.450. The Morgan fingerprint density at radius 3 is 2.50 bits per heavy atom. The van der Waals surface area contributed by atoms with E-state index in [1.165, 1.54) is 0 Å². The van der Waals surface area contributed by atoms with Crippen molar-refractivity contribution in [2.45, 2.75) is 13.5 Å². The van der Waals surface area contributed by atoms with Crippen molar-refractivity contribution < 1.29 is 5.11 Å². The second-order valence-corrected chi connectivity index (χ2v) is 2.95. The van der Waals surface area contributed by atoms with Crippen LogP contribution >= 0.6 is 15.9 Å². The predicted octanol–water partition coefficient (Wildman–Crippen LogP) is 1.30. The molecule has 3 N–H and O–H groups in total. The van der Waals surface area contributed by atoms with Crippen LogP contribution in [0.2, 0.25) is 0 Å². The molecule has 0 spiro atoms. The van der Waals surface area contributed by atoms with Crippen molar-refractivity contribution in [3.63, 3.8) is 0 Å². The Morgan fingerprint density at radius 1 is 1.58 bits per heavy atom. The summed E-state index contributed by atoms with van der Waals surface area (Å²) in [5, 5.41) is 7.57. The average molecular weight is 233 g/mol. The van der Waals surface area contributed by atoms with Gasteiger partial charge in [-0.3, -0.25) is 4.98 Å². The smallest absolute Gasteiger partial charge is 0.0410 e. The number of rotatable bonds is 1. The van der Waals surface area contributed by atoms with Gasteiger partial charge >= 0.3 is 0 Å². The topological polar surface area (TPSA) is 59.1 Å². The summed E-state index contributed by atoms with van der Waals surface area (Å²) in [6.07, 6.45) is 3.49. The molecule has 1 rings (SSSR count). The number of aliphatic hydroxyl groups is 1. The first-order valence-corrected chi connectivity index (χ1v) is 4.44. The first-order valence-electron chi connectivity index (χ1n) is 3.65. The van der Waals surface area contributed by atoms with Gasteiger partial charge in [0.25, 0.3) is 0 Å². The van der Waals surface area contributed by atoms with Gasteiger partial charge in [-0.15, -0.1) is 0 Å². The highest BCUT2D eigenvalue weighted by Gasteiger charge is 1.88. The molecule has 0 amide bonds. The maximum Gasteiger partial charge on any atom is 0.0410 e. The van der Waals surface area contributed by atoms with Gasteiger partial charge in [-0.2, -0.15) is 0 Å². The number of nitrogens with two attached hydrogens (primary N) is 1. The third-order valence-corrected chi connectivity index (χ3v) is 1.43. The summed E-state index contributed by atoms with van der Waals surface area (Å²) in [7, 11) is 0. The number of aromatic nitrogens is 1. The minimum atomic E-state index is 0.250. The lowest BCUT2D eigenvalue weighted by Gasteiger charge is -1.93. The van der Waals surface area contributed by atoms with Crippen LogP contribution in [0.1, 0.15) is 12.5 Å². The lowest BCUT2D eigenvalue weighted by atomic mass is 10.3. The maximum absolute atomic E-state index is 7.57. The van der Waals surface area contributed by atoms with Crippen LogP contribution in [-0.4, -0.2) is 16.7 Å². The van der Waals surface area contributed by atoms with Crippen LogP contribution in [0.15, 0.2) is 22.9 Å². The Balaban J connectivity index is 0.000000354. The Labute approximate surface area is 80.8 Å². The van der Waals surface area contributed by atoms with E-state index in [4.69, 9.17) is 10.8 Å². The molecule has 0 fully saturated rings. The largest absolute Gasteiger partial charge is 0.397 e. The number of nitrogens with zero attached hydrogens (tertiary/aromatic N) is 1. The molecular formula is C8H13BrN2O. The fraction of sp³-hybridized carbons (Fsp3) is 0.375. The molecule has 0 saturated carbocycles. The van der Waals surface area contributed by atoms with Crippen molar-refractivity contribution in [2.75, 3.05) is 6.61 Å². The minimum Gasteiger partial charge on any atom is -0.397 e.